The molecule has 1 N–H and O–H groups in total. The summed E-state index contributed by atoms with van der Waals surface area (Å²) in [5.74, 6) is -1.26. The fourth-order valence-corrected chi connectivity index (χ4v) is 3.10. The Morgan fingerprint density at radius 3 is 2.26 bits per heavy atom. The molecule has 0 bridgehead atoms. The number of nitrogens with one attached hydrogen (secondary N) is 1. The van der Waals surface area contributed by atoms with Crippen LogP contribution in [0.5, 0.6) is 0 Å². The molecule has 0 saturated carbocycles. The van der Waals surface area contributed by atoms with Crippen molar-refractivity contribution >= 4 is 16.9 Å². The standard InChI is InChI=1S/C22H14F4N4O/c23-16-2-1-9-29-20(16)19(13-3-6-15(7-4-13)22(24,25)26)30-21(31)14-5-8-17-18(12-14)28-11-10-27-17/h1-12,19H,(H,30,31)/t19-/m0/s1. The van der Waals surface area contributed by atoms with Crippen LogP contribution in [0.15, 0.2) is 73.2 Å². The van der Waals surface area contributed by atoms with Crippen LogP contribution in [-0.2, 0) is 6.18 Å². The Morgan fingerprint density at radius 1 is 0.871 bits per heavy atom. The monoisotopic (exact) mass is 426 g/mol. The van der Waals surface area contributed by atoms with Gasteiger partial charge in [0.2, 0.25) is 0 Å². The molecule has 4 rings (SSSR count). The zero-order chi connectivity index (χ0) is 22.0. The lowest BCUT2D eigenvalue weighted by atomic mass is 10.00. The van der Waals surface area contributed by atoms with Gasteiger partial charge in [-0.25, -0.2) is 4.39 Å². The van der Waals surface area contributed by atoms with E-state index in [1.807, 2.05) is 0 Å². The number of nitrogens with zero attached hydrogens (tertiary/aromatic N) is 3. The number of aromatic nitrogens is 3. The maximum Gasteiger partial charge on any atom is 0.416 e. The van der Waals surface area contributed by atoms with Crippen LogP contribution in [-0.4, -0.2) is 20.9 Å². The van der Waals surface area contributed by atoms with Crippen molar-refractivity contribution in [2.24, 2.45) is 0 Å². The minimum absolute atomic E-state index is 0.115. The van der Waals surface area contributed by atoms with Crippen LogP contribution in [0, 0.1) is 5.82 Å². The number of fused-ring (bicyclic) bond motifs is 1. The van der Waals surface area contributed by atoms with Gasteiger partial charge in [-0.15, -0.1) is 0 Å². The molecule has 4 aromatic rings. The van der Waals surface area contributed by atoms with Crippen molar-refractivity contribution in [3.63, 3.8) is 0 Å². The van der Waals surface area contributed by atoms with Gasteiger partial charge in [-0.2, -0.15) is 13.2 Å². The van der Waals surface area contributed by atoms with Gasteiger partial charge in [0.15, 0.2) is 0 Å². The molecule has 2 heterocycles. The summed E-state index contributed by atoms with van der Waals surface area (Å²) < 4.78 is 53.2. The predicted octanol–water partition coefficient (Wildman–Crippen LogP) is 4.70. The average molecular weight is 426 g/mol. The molecule has 0 aliphatic rings. The van der Waals surface area contributed by atoms with Crippen molar-refractivity contribution in [2.75, 3.05) is 0 Å². The van der Waals surface area contributed by atoms with Gasteiger partial charge in [0.1, 0.15) is 11.5 Å². The van der Waals surface area contributed by atoms with Gasteiger partial charge in [-0.3, -0.25) is 19.7 Å². The number of carbonyl (C=O) groups is 1. The van der Waals surface area contributed by atoms with Crippen LogP contribution in [0.1, 0.15) is 33.2 Å². The second-order valence-corrected chi connectivity index (χ2v) is 6.66. The molecule has 156 valence electrons. The van der Waals surface area contributed by atoms with Crippen LogP contribution in [0.25, 0.3) is 11.0 Å². The Balaban J connectivity index is 1.70. The minimum Gasteiger partial charge on any atom is -0.339 e. The molecule has 0 fully saturated rings. The highest BCUT2D eigenvalue weighted by Crippen LogP contribution is 2.31. The van der Waals surface area contributed by atoms with Crippen LogP contribution in [0.2, 0.25) is 0 Å². The van der Waals surface area contributed by atoms with E-state index in [0.29, 0.717) is 11.0 Å². The molecule has 2 aromatic carbocycles. The molecule has 9 heteroatoms. The molecular formula is C22H14F4N4O. The Bertz CT molecular complexity index is 1240. The predicted molar refractivity (Wildman–Crippen MR) is 104 cm³/mol. The number of benzene rings is 2. The quantitative estimate of drug-likeness (QED) is 0.481. The Kier molecular flexibility index (Phi) is 5.33. The third kappa shape index (κ3) is 4.35. The summed E-state index contributed by atoms with van der Waals surface area (Å²) in [5, 5.41) is 2.66. The van der Waals surface area contributed by atoms with Crippen LogP contribution < -0.4 is 5.32 Å². The summed E-state index contributed by atoms with van der Waals surface area (Å²) in [4.78, 5) is 25.2. The van der Waals surface area contributed by atoms with E-state index in [0.717, 1.165) is 18.2 Å². The van der Waals surface area contributed by atoms with Gasteiger partial charge in [-0.05, 0) is 48.0 Å². The van der Waals surface area contributed by atoms with Gasteiger partial charge in [0.25, 0.3) is 5.91 Å². The number of hydrogen-bond donors (Lipinski definition) is 1. The highest BCUT2D eigenvalue weighted by atomic mass is 19.4. The molecule has 5 nitrogen and oxygen atoms in total. The Hall–Kier alpha value is -3.88. The number of amides is 1. The van der Waals surface area contributed by atoms with Crippen LogP contribution >= 0.6 is 0 Å². The number of hydrogen-bond acceptors (Lipinski definition) is 4. The van der Waals surface area contributed by atoms with Crippen molar-refractivity contribution in [3.8, 4) is 0 Å². The summed E-state index contributed by atoms with van der Waals surface area (Å²) >= 11 is 0. The fraction of sp³-hybridized carbons (Fsp3) is 0.0909. The zero-order valence-corrected chi connectivity index (χ0v) is 15.8. The molecule has 0 aliphatic heterocycles. The first-order chi connectivity index (χ1) is 14.8. The topological polar surface area (TPSA) is 67.8 Å². The highest BCUT2D eigenvalue weighted by molar-refractivity contribution is 5.97. The lowest BCUT2D eigenvalue weighted by Gasteiger charge is -2.20. The molecule has 1 atom stereocenters. The fourth-order valence-electron chi connectivity index (χ4n) is 3.10. The summed E-state index contributed by atoms with van der Waals surface area (Å²) in [7, 11) is 0. The minimum atomic E-state index is -4.51. The van der Waals surface area contributed by atoms with Gasteiger partial charge >= 0.3 is 6.18 Å². The normalized spacial score (nSPS) is 12.5. The highest BCUT2D eigenvalue weighted by Gasteiger charge is 2.31. The molecule has 0 unspecified atom stereocenters. The van der Waals surface area contributed by atoms with Gasteiger partial charge in [0, 0.05) is 24.2 Å². The largest absolute Gasteiger partial charge is 0.416 e. The zero-order valence-electron chi connectivity index (χ0n) is 15.8. The first kappa shape index (κ1) is 20.4. The van der Waals surface area contributed by atoms with E-state index in [9.17, 15) is 22.4 Å². The first-order valence-electron chi connectivity index (χ1n) is 9.12. The maximum atomic E-state index is 14.4. The van der Waals surface area contributed by atoms with E-state index in [2.05, 4.69) is 20.3 Å². The number of alkyl halides is 3. The molecule has 0 aliphatic carbocycles. The van der Waals surface area contributed by atoms with E-state index in [1.165, 1.54) is 48.9 Å². The summed E-state index contributed by atoms with van der Waals surface area (Å²) in [6.07, 6.45) is -0.169. The molecule has 1 amide bonds. The van der Waals surface area contributed by atoms with E-state index >= 15 is 0 Å². The van der Waals surface area contributed by atoms with Crippen molar-refractivity contribution in [2.45, 2.75) is 12.2 Å². The van der Waals surface area contributed by atoms with Crippen molar-refractivity contribution in [1.29, 1.82) is 0 Å². The third-order valence-corrected chi connectivity index (χ3v) is 4.64. The number of carbonyl (C=O) groups excluding carboxylic acids is 1. The number of pyridine rings is 1. The van der Waals surface area contributed by atoms with Crippen LogP contribution in [0.4, 0.5) is 17.6 Å². The van der Waals surface area contributed by atoms with E-state index in [1.54, 1.807) is 6.07 Å². The van der Waals surface area contributed by atoms with Crippen LogP contribution in [0.3, 0.4) is 0 Å². The average Bonchev–Trinajstić information content (AvgIpc) is 2.77. The summed E-state index contributed by atoms with van der Waals surface area (Å²) in [6.45, 7) is 0. The molecule has 0 spiro atoms. The van der Waals surface area contributed by atoms with E-state index < -0.39 is 29.5 Å². The smallest absolute Gasteiger partial charge is 0.339 e. The molecular weight excluding hydrogens is 412 g/mol. The van der Waals surface area contributed by atoms with Gasteiger partial charge in [-0.1, -0.05) is 12.1 Å². The Labute approximate surface area is 173 Å². The molecule has 31 heavy (non-hydrogen) atoms. The summed E-state index contributed by atoms with van der Waals surface area (Å²) in [5.41, 5.74) is 0.604. The third-order valence-electron chi connectivity index (χ3n) is 4.64. The van der Waals surface area contributed by atoms with Crippen molar-refractivity contribution < 1.29 is 22.4 Å². The Morgan fingerprint density at radius 2 is 1.58 bits per heavy atom. The number of rotatable bonds is 4. The van der Waals surface area contributed by atoms with E-state index in [4.69, 9.17) is 0 Å². The molecule has 0 saturated heterocycles. The van der Waals surface area contributed by atoms with E-state index in [-0.39, 0.29) is 16.8 Å². The first-order valence-corrected chi connectivity index (χ1v) is 9.12. The lowest BCUT2D eigenvalue weighted by Crippen LogP contribution is -2.30. The second-order valence-electron chi connectivity index (χ2n) is 6.66. The van der Waals surface area contributed by atoms with Crippen molar-refractivity contribution in [3.05, 3.63) is 101 Å². The van der Waals surface area contributed by atoms with Gasteiger partial charge < -0.3 is 5.32 Å². The SMILES string of the molecule is O=C(N[C@@H](c1ccc(C(F)(F)F)cc1)c1ncccc1F)c1ccc2nccnc2c1. The van der Waals surface area contributed by atoms with Gasteiger partial charge in [0.05, 0.1) is 22.6 Å². The maximum absolute atomic E-state index is 14.4. The molecule has 0 radical (unpaired) electrons. The lowest BCUT2D eigenvalue weighted by molar-refractivity contribution is -0.137. The second kappa shape index (κ2) is 8.10. The molecule has 2 aromatic heterocycles. The van der Waals surface area contributed by atoms with Crippen molar-refractivity contribution in [1.82, 2.24) is 20.3 Å². The summed E-state index contributed by atoms with van der Waals surface area (Å²) in [6, 6.07) is 10.2. The number of halogens is 4.